The fourth-order valence-corrected chi connectivity index (χ4v) is 2.68. The Hall–Kier alpha value is -1.47. The van der Waals surface area contributed by atoms with E-state index < -0.39 is 4.92 Å². The summed E-state index contributed by atoms with van der Waals surface area (Å²) in [6.45, 7) is 1.30. The van der Waals surface area contributed by atoms with Crippen LogP contribution in [0.25, 0.3) is 0 Å². The highest BCUT2D eigenvalue weighted by molar-refractivity contribution is 9.10. The van der Waals surface area contributed by atoms with Crippen molar-refractivity contribution in [1.82, 2.24) is 4.90 Å². The van der Waals surface area contributed by atoms with Gasteiger partial charge in [0.2, 0.25) is 0 Å². The number of amides is 1. The van der Waals surface area contributed by atoms with Crippen LogP contribution in [-0.4, -0.2) is 40.5 Å². The van der Waals surface area contributed by atoms with Crippen LogP contribution in [0.1, 0.15) is 23.2 Å². The Morgan fingerprint density at radius 3 is 2.65 bits per heavy atom. The smallest absolute Gasteiger partial charge is 0.284 e. The molecule has 1 saturated heterocycles. The fraction of sp³-hybridized carbons (Fsp3) is 0.462. The first-order valence-electron chi connectivity index (χ1n) is 6.37. The van der Waals surface area contributed by atoms with E-state index in [0.717, 1.165) is 12.8 Å². The molecule has 20 heavy (non-hydrogen) atoms. The molecule has 1 aromatic carbocycles. The molecule has 7 heteroatoms. The van der Waals surface area contributed by atoms with Crippen molar-refractivity contribution in [3.05, 3.63) is 38.3 Å². The Balaban J connectivity index is 2.14. The monoisotopic (exact) mass is 342 g/mol. The molecule has 1 aliphatic rings. The van der Waals surface area contributed by atoms with Crippen LogP contribution in [-0.2, 0) is 0 Å². The van der Waals surface area contributed by atoms with E-state index in [4.69, 9.17) is 5.11 Å². The first kappa shape index (κ1) is 14.9. The summed E-state index contributed by atoms with van der Waals surface area (Å²) in [6, 6.07) is 4.40. The highest BCUT2D eigenvalue weighted by Gasteiger charge is 2.24. The van der Waals surface area contributed by atoms with E-state index in [-0.39, 0.29) is 24.1 Å². The Bertz CT molecular complexity index is 527. The van der Waals surface area contributed by atoms with E-state index in [0.29, 0.717) is 23.1 Å². The van der Waals surface area contributed by atoms with Gasteiger partial charge in [0.15, 0.2) is 0 Å². The van der Waals surface area contributed by atoms with Crippen LogP contribution in [0, 0.1) is 16.0 Å². The van der Waals surface area contributed by atoms with Crippen molar-refractivity contribution in [2.75, 3.05) is 19.7 Å². The number of rotatable bonds is 3. The number of carbonyl (C=O) groups is 1. The summed E-state index contributed by atoms with van der Waals surface area (Å²) in [7, 11) is 0. The molecule has 0 unspecified atom stereocenters. The zero-order valence-corrected chi connectivity index (χ0v) is 12.4. The number of hydrogen-bond donors (Lipinski definition) is 1. The van der Waals surface area contributed by atoms with E-state index in [1.807, 2.05) is 0 Å². The van der Waals surface area contributed by atoms with Gasteiger partial charge < -0.3 is 10.0 Å². The zero-order chi connectivity index (χ0) is 14.7. The van der Waals surface area contributed by atoms with Crippen LogP contribution in [0.5, 0.6) is 0 Å². The minimum atomic E-state index is -0.515. The van der Waals surface area contributed by atoms with Crippen LogP contribution in [0.2, 0.25) is 0 Å². The van der Waals surface area contributed by atoms with Crippen LogP contribution in [0.3, 0.4) is 0 Å². The van der Waals surface area contributed by atoms with Gasteiger partial charge in [-0.1, -0.05) is 0 Å². The van der Waals surface area contributed by atoms with Crippen molar-refractivity contribution in [2.45, 2.75) is 12.8 Å². The number of likely N-dealkylation sites (tertiary alicyclic amines) is 1. The molecule has 1 N–H and O–H groups in total. The molecule has 2 rings (SSSR count). The van der Waals surface area contributed by atoms with Crippen LogP contribution < -0.4 is 0 Å². The van der Waals surface area contributed by atoms with Gasteiger partial charge in [0, 0.05) is 31.3 Å². The molecule has 1 aliphatic heterocycles. The van der Waals surface area contributed by atoms with Crippen LogP contribution >= 0.6 is 15.9 Å². The van der Waals surface area contributed by atoms with Crippen molar-refractivity contribution in [3.8, 4) is 0 Å². The second-order valence-electron chi connectivity index (χ2n) is 4.84. The molecule has 1 fully saturated rings. The van der Waals surface area contributed by atoms with Crippen molar-refractivity contribution in [1.29, 1.82) is 0 Å². The normalized spacial score (nSPS) is 16.2. The van der Waals surface area contributed by atoms with Crippen molar-refractivity contribution in [3.63, 3.8) is 0 Å². The topological polar surface area (TPSA) is 83.7 Å². The molecule has 0 radical (unpaired) electrons. The number of piperidine rings is 1. The third-order valence-electron chi connectivity index (χ3n) is 3.55. The predicted molar refractivity (Wildman–Crippen MR) is 76.5 cm³/mol. The summed E-state index contributed by atoms with van der Waals surface area (Å²) < 4.78 is 0.359. The summed E-state index contributed by atoms with van der Waals surface area (Å²) in [6.07, 6.45) is 1.53. The van der Waals surface area contributed by atoms with Crippen LogP contribution in [0.4, 0.5) is 5.69 Å². The summed E-state index contributed by atoms with van der Waals surface area (Å²) in [5, 5.41) is 20.0. The summed E-state index contributed by atoms with van der Waals surface area (Å²) in [4.78, 5) is 24.3. The molecule has 108 valence electrons. The quantitative estimate of drug-likeness (QED) is 0.674. The number of benzene rings is 1. The third kappa shape index (κ3) is 3.16. The molecule has 1 heterocycles. The molecule has 0 atom stereocenters. The standard InChI is InChI=1S/C13H15BrN2O4/c14-11-2-1-10(7-12(11)16(19)20)13(18)15-5-3-9(8-17)4-6-15/h1-2,7,9,17H,3-6,8H2. The molecular formula is C13H15BrN2O4. The lowest BCUT2D eigenvalue weighted by Gasteiger charge is -2.31. The minimum Gasteiger partial charge on any atom is -0.396 e. The van der Waals surface area contributed by atoms with Gasteiger partial charge in [-0.15, -0.1) is 0 Å². The van der Waals surface area contributed by atoms with Gasteiger partial charge in [0.05, 0.1) is 9.40 Å². The number of nitro groups is 1. The maximum Gasteiger partial charge on any atom is 0.284 e. The number of nitro benzene ring substituents is 1. The lowest BCUT2D eigenvalue weighted by atomic mass is 9.97. The predicted octanol–water partition coefficient (Wildman–Crippen LogP) is 2.20. The molecule has 6 nitrogen and oxygen atoms in total. The molecule has 1 aromatic rings. The Morgan fingerprint density at radius 2 is 2.10 bits per heavy atom. The number of hydrogen-bond acceptors (Lipinski definition) is 4. The zero-order valence-electron chi connectivity index (χ0n) is 10.8. The number of nitrogens with zero attached hydrogens (tertiary/aromatic N) is 2. The van der Waals surface area contributed by atoms with E-state index in [2.05, 4.69) is 15.9 Å². The largest absolute Gasteiger partial charge is 0.396 e. The molecular weight excluding hydrogens is 328 g/mol. The number of aliphatic hydroxyl groups is 1. The maximum absolute atomic E-state index is 12.3. The molecule has 0 aliphatic carbocycles. The second-order valence-corrected chi connectivity index (χ2v) is 5.70. The van der Waals surface area contributed by atoms with Crippen molar-refractivity contribution >= 4 is 27.5 Å². The lowest BCUT2D eigenvalue weighted by molar-refractivity contribution is -0.385. The first-order valence-corrected chi connectivity index (χ1v) is 7.16. The van der Waals surface area contributed by atoms with Gasteiger partial charge in [0.1, 0.15) is 0 Å². The van der Waals surface area contributed by atoms with Gasteiger partial charge >= 0.3 is 0 Å². The Labute approximate surface area is 124 Å². The minimum absolute atomic E-state index is 0.110. The average molecular weight is 343 g/mol. The third-order valence-corrected chi connectivity index (χ3v) is 4.22. The summed E-state index contributed by atoms with van der Waals surface area (Å²) in [5.41, 5.74) is 0.212. The molecule has 0 saturated carbocycles. The van der Waals surface area contributed by atoms with Gasteiger partial charge in [-0.3, -0.25) is 14.9 Å². The van der Waals surface area contributed by atoms with E-state index >= 15 is 0 Å². The molecule has 0 aromatic heterocycles. The van der Waals surface area contributed by atoms with Gasteiger partial charge in [-0.25, -0.2) is 0 Å². The van der Waals surface area contributed by atoms with Gasteiger partial charge in [0.25, 0.3) is 11.6 Å². The number of aliphatic hydroxyl groups excluding tert-OH is 1. The van der Waals surface area contributed by atoms with E-state index in [1.165, 1.54) is 12.1 Å². The van der Waals surface area contributed by atoms with Gasteiger partial charge in [-0.05, 0) is 46.8 Å². The number of carbonyl (C=O) groups excluding carboxylic acids is 1. The summed E-state index contributed by atoms with van der Waals surface area (Å²) in [5.74, 6) is 0.0512. The highest BCUT2D eigenvalue weighted by Crippen LogP contribution is 2.27. The maximum atomic E-state index is 12.3. The lowest BCUT2D eigenvalue weighted by Crippen LogP contribution is -2.39. The number of halogens is 1. The van der Waals surface area contributed by atoms with Gasteiger partial charge in [-0.2, -0.15) is 0 Å². The van der Waals surface area contributed by atoms with Crippen LogP contribution in [0.15, 0.2) is 22.7 Å². The first-order chi connectivity index (χ1) is 9.52. The summed E-state index contributed by atoms with van der Waals surface area (Å²) >= 11 is 3.10. The Kier molecular flexibility index (Phi) is 4.72. The SMILES string of the molecule is O=C(c1ccc(Br)c([N+](=O)[O-])c1)N1CCC(CO)CC1. The van der Waals surface area contributed by atoms with E-state index in [9.17, 15) is 14.9 Å². The van der Waals surface area contributed by atoms with E-state index in [1.54, 1.807) is 11.0 Å². The fourth-order valence-electron chi connectivity index (χ4n) is 2.29. The van der Waals surface area contributed by atoms with Crippen molar-refractivity contribution < 1.29 is 14.8 Å². The molecule has 0 spiro atoms. The second kappa shape index (κ2) is 6.32. The Morgan fingerprint density at radius 1 is 1.45 bits per heavy atom. The van der Waals surface area contributed by atoms with Crippen molar-refractivity contribution in [2.24, 2.45) is 5.92 Å². The molecule has 0 bridgehead atoms. The molecule has 1 amide bonds. The average Bonchev–Trinajstić information content (AvgIpc) is 2.47. The highest BCUT2D eigenvalue weighted by atomic mass is 79.9.